The Morgan fingerprint density at radius 2 is 1.15 bits per heavy atom. The summed E-state index contributed by atoms with van der Waals surface area (Å²) in [5, 5.41) is 75.1. The predicted octanol–water partition coefficient (Wildman–Crippen LogP) is -1.29. The van der Waals surface area contributed by atoms with Crippen molar-refractivity contribution in [2.75, 3.05) is 65.4 Å². The summed E-state index contributed by atoms with van der Waals surface area (Å²) >= 11 is 0.788. The summed E-state index contributed by atoms with van der Waals surface area (Å²) in [5.41, 5.74) is 20.6. The number of unbranched alkanes of at least 4 members (excludes halogenated alkanes) is 4. The molecule has 16 amide bonds. The van der Waals surface area contributed by atoms with Crippen LogP contribution in [0.2, 0.25) is 0 Å². The number of aliphatic hydroxyl groups is 1. The number of aromatic hydroxyl groups is 1. The van der Waals surface area contributed by atoms with Gasteiger partial charge in [0.25, 0.3) is 0 Å². The third-order valence-corrected chi connectivity index (χ3v) is 27.0. The highest BCUT2D eigenvalue weighted by Crippen LogP contribution is 2.30. The number of nitrogens with one attached hydrogen (secondary N) is 13. The number of aromatic nitrogens is 8. The highest BCUT2D eigenvalue weighted by molar-refractivity contribution is 8.00. The number of fused-ring (bicyclic) bond motifs is 4. The minimum Gasteiger partial charge on any atom is -0.508 e. The van der Waals surface area contributed by atoms with Crippen LogP contribution in [-0.2, 0) is 114 Å². The first-order chi connectivity index (χ1) is 68.4. The highest BCUT2D eigenvalue weighted by Gasteiger charge is 2.47. The van der Waals surface area contributed by atoms with Gasteiger partial charge in [0.05, 0.1) is 37.7 Å². The van der Waals surface area contributed by atoms with Crippen LogP contribution in [0, 0.1) is 5.92 Å². The van der Waals surface area contributed by atoms with Crippen LogP contribution in [0.4, 0.5) is 0 Å². The number of primary amides is 1. The van der Waals surface area contributed by atoms with E-state index in [1.807, 2.05) is 30.5 Å². The van der Waals surface area contributed by atoms with Gasteiger partial charge in [-0.15, -0.1) is 16.9 Å². The van der Waals surface area contributed by atoms with E-state index in [1.54, 1.807) is 62.6 Å². The van der Waals surface area contributed by atoms with Crippen molar-refractivity contribution in [3.8, 4) is 5.75 Å². The number of nitrogens with two attached hydrogens (primary N) is 3. The molecule has 46 nitrogen and oxygen atoms in total. The lowest BCUT2D eigenvalue weighted by atomic mass is 9.99. The van der Waals surface area contributed by atoms with Gasteiger partial charge < -0.3 is 125 Å². The van der Waals surface area contributed by atoms with Crippen LogP contribution < -0.4 is 70.4 Å². The summed E-state index contributed by atoms with van der Waals surface area (Å²) in [6, 6.07) is -1.55. The number of aliphatic hydroxyl groups excluding tert-OH is 1. The second-order valence-corrected chi connectivity index (χ2v) is 38.1. The lowest BCUT2D eigenvalue weighted by Gasteiger charge is -2.36. The van der Waals surface area contributed by atoms with Gasteiger partial charge in [-0.1, -0.05) is 102 Å². The number of carbonyl (C=O) groups excluding carboxylic acids is 16. The van der Waals surface area contributed by atoms with E-state index < -0.39 is 222 Å². The van der Waals surface area contributed by atoms with E-state index in [0.29, 0.717) is 88.5 Å². The van der Waals surface area contributed by atoms with Crippen molar-refractivity contribution >= 4 is 134 Å². The summed E-state index contributed by atoms with van der Waals surface area (Å²) in [6.07, 6.45) is 4.80. The van der Waals surface area contributed by atoms with E-state index in [-0.39, 0.29) is 128 Å². The third-order valence-electron chi connectivity index (χ3n) is 25.9. The number of carboxylic acid groups (broad SMARTS) is 1. The molecule has 22 N–H and O–H groups in total. The average molecular weight is 2010 g/mol. The molecule has 0 unspecified atom stereocenters. The maximum atomic E-state index is 16.3. The molecular formula is C96H136N26O20S. The number of aromatic amines is 3. The molecule has 143 heavy (non-hydrogen) atoms. The molecule has 776 valence electrons. The van der Waals surface area contributed by atoms with E-state index in [4.69, 9.17) is 17.2 Å². The summed E-state index contributed by atoms with van der Waals surface area (Å²) < 4.78 is 1.84. The van der Waals surface area contributed by atoms with Crippen molar-refractivity contribution in [1.29, 1.82) is 0 Å². The quantitative estimate of drug-likeness (QED) is 0.0225. The molecule has 3 aliphatic heterocycles. The normalized spacial score (nSPS) is 24.1. The molecule has 3 saturated heterocycles. The first-order valence-corrected chi connectivity index (χ1v) is 49.7. The van der Waals surface area contributed by atoms with Crippen LogP contribution >= 0.6 is 11.8 Å². The molecule has 15 atom stereocenters. The summed E-state index contributed by atoms with van der Waals surface area (Å²) in [5.74, 6) is -17.2. The number of aliphatic carboxylic acids is 1. The number of likely N-dealkylation sites (N-methyl/N-ethyl adjacent to an activating group) is 3. The standard InChI is InChI=1S/C96H136N26O20S/c1-9-11-27-75-89(135)107-67(38-54(3)4)86(132)112-73(84(130)102-47-79(99)125)51-143-52-81(126)104-70(39-56-31-33-60(123)34-32-56)92(138)117(6)55(5)83(129)110-72(44-82(127)128)95(141)121-37-21-30-76(121)90(136)109-69(42-59-46-100-53-103-59)88(134)106-66(26-18-20-36-98)94(140)122-49-61(124)43-78(122)91(137)108-68(40-57-45-101-64-24-15-13-22-62(57)64)87(133)105-65(25-17-19-35-97)85(131)111-71(93(139)119(8)77(28-12-10-2)96(142)118(75)7)41-58-48-120(50-80-113-115-116-114-80)74-29-16-14-23-63(58)74/h13-16,22-24,29,31-34,45-46,48,53-55,61,65-73,75-78,101,123-124H,9-12,17-21,25-28,30,35-44,47,49-52,97-98H2,1-8H3,(H2,99,125)(H,100,103)(H,102,130)(H,104,126)(H,105,133)(H,106,134)(H,107,135)(H,108,137)(H,109,136)(H,110,129)(H,111,131)(H,112,132)(H,127,128)(H,113,114,115,116)/t55-,61+,65-,66-,67-,68-,69-,70-,71-,72-,73-,75-,76-,77-,78-/m0/s1. The van der Waals surface area contributed by atoms with Crippen molar-refractivity contribution in [2.45, 2.75) is 267 Å². The maximum absolute atomic E-state index is 16.3. The molecule has 0 spiro atoms. The van der Waals surface area contributed by atoms with Gasteiger partial charge in [0, 0.05) is 118 Å². The second-order valence-electron chi connectivity index (χ2n) is 37.1. The van der Waals surface area contributed by atoms with Crippen LogP contribution in [0.1, 0.15) is 172 Å². The van der Waals surface area contributed by atoms with Crippen LogP contribution in [0.15, 0.2) is 97.7 Å². The Balaban J connectivity index is 1.05. The number of carbonyl (C=O) groups is 17. The predicted molar refractivity (Wildman–Crippen MR) is 525 cm³/mol. The van der Waals surface area contributed by atoms with Crippen molar-refractivity contribution < 1.29 is 96.8 Å². The van der Waals surface area contributed by atoms with E-state index in [2.05, 4.69) is 88.7 Å². The highest BCUT2D eigenvalue weighted by atomic mass is 32.2. The largest absolute Gasteiger partial charge is 0.508 e. The molecule has 0 radical (unpaired) electrons. The Labute approximate surface area is 831 Å². The van der Waals surface area contributed by atoms with Crippen LogP contribution in [0.5, 0.6) is 5.75 Å². The van der Waals surface area contributed by atoms with Gasteiger partial charge in [-0.3, -0.25) is 81.5 Å². The summed E-state index contributed by atoms with van der Waals surface area (Å²) in [4.78, 5) is 269. The van der Waals surface area contributed by atoms with Crippen molar-refractivity contribution in [3.05, 3.63) is 126 Å². The number of imidazole rings is 1. The Bertz CT molecular complexity index is 5570. The van der Waals surface area contributed by atoms with E-state index >= 15 is 38.4 Å². The van der Waals surface area contributed by atoms with Gasteiger partial charge in [-0.2, -0.15) is 0 Å². The number of phenols is 1. The average Bonchev–Trinajstić information content (AvgIpc) is 1.71. The fourth-order valence-electron chi connectivity index (χ4n) is 18.0. The fraction of sp³-hybridized carbons (Fsp3) is 0.552. The molecule has 4 aromatic heterocycles. The van der Waals surface area contributed by atoms with Gasteiger partial charge in [0.2, 0.25) is 94.5 Å². The number of carboxylic acids is 1. The molecule has 3 aliphatic rings. The third kappa shape index (κ3) is 31.0. The minimum absolute atomic E-state index is 0.0126. The number of phenolic OH excluding ortho intramolecular Hbond substituents is 1. The Morgan fingerprint density at radius 1 is 0.573 bits per heavy atom. The van der Waals surface area contributed by atoms with Crippen LogP contribution in [-0.4, -0.2) is 337 Å². The molecule has 47 heteroatoms. The zero-order valence-corrected chi connectivity index (χ0v) is 82.7. The molecule has 0 bridgehead atoms. The molecular weight excluding hydrogens is 1870 g/mol. The molecule has 7 aromatic rings. The number of para-hydroxylation sites is 2. The van der Waals surface area contributed by atoms with Crippen LogP contribution in [0.25, 0.3) is 21.8 Å². The zero-order valence-electron chi connectivity index (χ0n) is 81.9. The van der Waals surface area contributed by atoms with Crippen molar-refractivity contribution in [3.63, 3.8) is 0 Å². The number of nitrogens with zero attached hydrogens (tertiary/aromatic N) is 10. The maximum Gasteiger partial charge on any atom is 0.305 e. The van der Waals surface area contributed by atoms with E-state index in [9.17, 15) is 58.5 Å². The number of hydrogen-bond donors (Lipinski definition) is 19. The molecule has 7 heterocycles. The Kier molecular flexibility index (Phi) is 41.7. The Hall–Kier alpha value is -14.0. The first kappa shape index (κ1) is 111. The number of hydrogen-bond acceptors (Lipinski definition) is 26. The number of tetrazole rings is 1. The van der Waals surface area contributed by atoms with E-state index in [0.717, 1.165) is 26.5 Å². The van der Waals surface area contributed by atoms with Gasteiger partial charge in [-0.05, 0) is 148 Å². The molecule has 3 fully saturated rings. The van der Waals surface area contributed by atoms with Crippen molar-refractivity contribution in [1.82, 2.24) is 118 Å². The molecule has 0 saturated carbocycles. The van der Waals surface area contributed by atoms with Gasteiger partial charge in [0.1, 0.15) is 90.3 Å². The molecule has 3 aromatic carbocycles. The van der Waals surface area contributed by atoms with Gasteiger partial charge in [-0.25, -0.2) is 10.1 Å². The topological polar surface area (TPSA) is 669 Å². The number of H-pyrrole nitrogens is 3. The number of amides is 16. The monoisotopic (exact) mass is 2010 g/mol. The SMILES string of the molecule is CCCC[C@H]1C(=O)N(C)[C@@H](CCCC)C(=O)N[C@@H](CC(C)C)C(=O)N[C@H](C(=O)NCC(N)=O)CSCC(=O)N[C@@H](Cc2ccc(O)cc2)C(=O)N(C)[C@@H](C)C(=O)N[C@@H](CC(=O)O)C(=O)N2CCC[C@H]2C(=O)N[C@@H](Cc2cnc[nH]2)C(=O)N[C@@H](CCCCN)C(=O)N2C[C@H](O)C[C@H]2C(=O)N[C@@H](Cc2c[nH]c3ccccc23)C(=O)N[C@@H](CCCCN)C(=O)N[C@@H](Cc2cn(Cc3nnn[nH]3)c3ccccc23)C(=O)N1C. The van der Waals surface area contributed by atoms with Gasteiger partial charge in [0.15, 0.2) is 5.82 Å². The summed E-state index contributed by atoms with van der Waals surface area (Å²) in [7, 11) is 4.00. The van der Waals surface area contributed by atoms with Crippen LogP contribution in [0.3, 0.4) is 0 Å². The smallest absolute Gasteiger partial charge is 0.305 e. The number of rotatable bonds is 31. The number of benzene rings is 3. The minimum atomic E-state index is -1.90. The van der Waals surface area contributed by atoms with Crippen molar-refractivity contribution in [2.24, 2.45) is 23.1 Å². The molecule has 0 aliphatic carbocycles. The van der Waals surface area contributed by atoms with E-state index in [1.165, 1.54) is 74.7 Å². The first-order valence-electron chi connectivity index (χ1n) is 48.6. The number of thioether (sulfide) groups is 1. The second kappa shape index (κ2) is 53.8. The lowest BCUT2D eigenvalue weighted by Crippen LogP contribution is -2.61. The zero-order chi connectivity index (χ0) is 104. The Morgan fingerprint density at radius 3 is 1.80 bits per heavy atom. The lowest BCUT2D eigenvalue weighted by molar-refractivity contribution is -0.149. The summed E-state index contributed by atoms with van der Waals surface area (Å²) in [6.45, 7) is 7.59. The molecule has 10 rings (SSSR count). The van der Waals surface area contributed by atoms with Gasteiger partial charge >= 0.3 is 5.97 Å². The fourth-order valence-corrected chi connectivity index (χ4v) is 18.9.